The van der Waals surface area contributed by atoms with Crippen LogP contribution in [0.15, 0.2) is 39.4 Å². The van der Waals surface area contributed by atoms with Crippen molar-refractivity contribution >= 4 is 38.6 Å². The van der Waals surface area contributed by atoms with Gasteiger partial charge in [0.15, 0.2) is 5.76 Å². The van der Waals surface area contributed by atoms with Gasteiger partial charge < -0.3 is 20.5 Å². The van der Waals surface area contributed by atoms with Crippen LogP contribution in [-0.4, -0.2) is 15.9 Å². The van der Waals surface area contributed by atoms with Crippen LogP contribution in [0.5, 0.6) is 0 Å². The minimum atomic E-state index is -0.311. The number of fused-ring (bicyclic) bond motifs is 1. The molecule has 3 aromatic rings. The van der Waals surface area contributed by atoms with Gasteiger partial charge in [0.25, 0.3) is 5.91 Å². The highest BCUT2D eigenvalue weighted by atomic mass is 79.9. The van der Waals surface area contributed by atoms with E-state index in [9.17, 15) is 4.79 Å². The van der Waals surface area contributed by atoms with Crippen LogP contribution >= 0.6 is 15.9 Å². The van der Waals surface area contributed by atoms with Crippen molar-refractivity contribution in [3.63, 3.8) is 0 Å². The highest BCUT2D eigenvalue weighted by Crippen LogP contribution is 2.19. The van der Waals surface area contributed by atoms with Gasteiger partial charge in [0.05, 0.1) is 22.1 Å². The Labute approximate surface area is 122 Å². The van der Waals surface area contributed by atoms with Crippen LogP contribution in [0.1, 0.15) is 16.4 Å². The van der Waals surface area contributed by atoms with Crippen LogP contribution in [0.3, 0.4) is 0 Å². The maximum Gasteiger partial charge on any atom is 0.291 e. The number of hydrogen-bond donors (Lipinski definition) is 3. The number of H-pyrrole nitrogens is 1. The number of nitrogens with two attached hydrogens (primary N) is 1. The summed E-state index contributed by atoms with van der Waals surface area (Å²) in [6, 6.07) is 7.01. The van der Waals surface area contributed by atoms with Crippen molar-refractivity contribution in [3.8, 4) is 0 Å². The number of nitrogens with one attached hydrogen (secondary N) is 2. The van der Waals surface area contributed by atoms with Crippen molar-refractivity contribution in [2.75, 3.05) is 5.32 Å². The third-order valence-corrected chi connectivity index (χ3v) is 3.19. The smallest absolute Gasteiger partial charge is 0.291 e. The fourth-order valence-corrected chi connectivity index (χ4v) is 2.16. The number of halogens is 1. The SMILES string of the molecule is NCc1nc2ccc(NC(=O)c3cc(Br)co3)cc2[nH]1. The predicted octanol–water partition coefficient (Wildman–Crippen LogP) is 2.63. The Bertz CT molecular complexity index is 778. The van der Waals surface area contributed by atoms with Crippen LogP contribution in [0.4, 0.5) is 5.69 Å². The normalized spacial score (nSPS) is 10.9. The standard InChI is InChI=1S/C13H11BrN4O2/c14-7-3-11(20-6-7)13(19)16-8-1-2-9-10(4-8)18-12(5-15)17-9/h1-4,6H,5,15H2,(H,16,19)(H,17,18). The van der Waals surface area contributed by atoms with Gasteiger partial charge in [0, 0.05) is 11.8 Å². The maximum absolute atomic E-state index is 12.0. The molecular weight excluding hydrogens is 324 g/mol. The Morgan fingerprint density at radius 3 is 3.00 bits per heavy atom. The van der Waals surface area contributed by atoms with E-state index in [2.05, 4.69) is 31.2 Å². The van der Waals surface area contributed by atoms with E-state index in [0.29, 0.717) is 18.1 Å². The van der Waals surface area contributed by atoms with Crippen molar-refractivity contribution in [3.05, 3.63) is 46.6 Å². The molecule has 0 aliphatic carbocycles. The van der Waals surface area contributed by atoms with E-state index >= 15 is 0 Å². The summed E-state index contributed by atoms with van der Waals surface area (Å²) >= 11 is 3.23. The summed E-state index contributed by atoms with van der Waals surface area (Å²) in [5.41, 5.74) is 7.82. The second-order valence-electron chi connectivity index (χ2n) is 4.20. The molecule has 6 nitrogen and oxygen atoms in total. The van der Waals surface area contributed by atoms with Gasteiger partial charge >= 0.3 is 0 Å². The van der Waals surface area contributed by atoms with E-state index in [1.807, 2.05) is 6.07 Å². The van der Waals surface area contributed by atoms with Crippen molar-refractivity contribution in [2.24, 2.45) is 5.73 Å². The first kappa shape index (κ1) is 12.9. The molecule has 20 heavy (non-hydrogen) atoms. The molecule has 0 radical (unpaired) electrons. The lowest BCUT2D eigenvalue weighted by molar-refractivity contribution is 0.0996. The summed E-state index contributed by atoms with van der Waals surface area (Å²) in [6.45, 7) is 0.344. The highest BCUT2D eigenvalue weighted by molar-refractivity contribution is 9.10. The molecule has 4 N–H and O–H groups in total. The number of benzene rings is 1. The van der Waals surface area contributed by atoms with Gasteiger partial charge in [-0.05, 0) is 34.1 Å². The fraction of sp³-hybridized carbons (Fsp3) is 0.0769. The number of carbonyl (C=O) groups excluding carboxylic acids is 1. The number of amides is 1. The first-order valence-corrected chi connectivity index (χ1v) is 6.69. The molecule has 102 valence electrons. The molecule has 0 fully saturated rings. The van der Waals surface area contributed by atoms with Gasteiger partial charge in [-0.2, -0.15) is 0 Å². The number of aromatic nitrogens is 2. The monoisotopic (exact) mass is 334 g/mol. The molecular formula is C13H11BrN4O2. The van der Waals surface area contributed by atoms with Crippen molar-refractivity contribution in [2.45, 2.75) is 6.54 Å². The summed E-state index contributed by atoms with van der Waals surface area (Å²) in [5.74, 6) is 0.635. The predicted molar refractivity (Wildman–Crippen MR) is 78.3 cm³/mol. The van der Waals surface area contributed by atoms with Gasteiger partial charge in [-0.3, -0.25) is 4.79 Å². The maximum atomic E-state index is 12.0. The summed E-state index contributed by atoms with van der Waals surface area (Å²) in [6.07, 6.45) is 1.46. The Morgan fingerprint density at radius 2 is 2.30 bits per heavy atom. The summed E-state index contributed by atoms with van der Waals surface area (Å²) < 4.78 is 5.83. The molecule has 1 amide bonds. The van der Waals surface area contributed by atoms with Crippen LogP contribution in [0.2, 0.25) is 0 Å². The second-order valence-corrected chi connectivity index (χ2v) is 5.12. The van der Waals surface area contributed by atoms with Gasteiger partial charge in [0.2, 0.25) is 0 Å². The van der Waals surface area contributed by atoms with Crippen LogP contribution in [0, 0.1) is 0 Å². The van der Waals surface area contributed by atoms with E-state index in [4.69, 9.17) is 10.2 Å². The molecule has 3 rings (SSSR count). The largest absolute Gasteiger partial charge is 0.458 e. The Hall–Kier alpha value is -2.12. The van der Waals surface area contributed by atoms with Gasteiger partial charge in [-0.15, -0.1) is 0 Å². The minimum absolute atomic E-state index is 0.240. The lowest BCUT2D eigenvalue weighted by Crippen LogP contribution is -2.10. The summed E-state index contributed by atoms with van der Waals surface area (Å²) in [7, 11) is 0. The number of anilines is 1. The number of imidazole rings is 1. The quantitative estimate of drug-likeness (QED) is 0.685. The number of rotatable bonds is 3. The third kappa shape index (κ3) is 2.45. The molecule has 2 heterocycles. The Kier molecular flexibility index (Phi) is 3.29. The van der Waals surface area contributed by atoms with E-state index in [0.717, 1.165) is 15.5 Å². The van der Waals surface area contributed by atoms with E-state index in [-0.39, 0.29) is 11.7 Å². The fourth-order valence-electron chi connectivity index (χ4n) is 1.86. The molecule has 0 aliphatic rings. The molecule has 1 aromatic carbocycles. The molecule has 0 aliphatic heterocycles. The zero-order valence-corrected chi connectivity index (χ0v) is 11.9. The average molecular weight is 335 g/mol. The Balaban J connectivity index is 1.85. The first-order valence-electron chi connectivity index (χ1n) is 5.90. The number of carbonyl (C=O) groups is 1. The van der Waals surface area contributed by atoms with Crippen molar-refractivity contribution in [1.29, 1.82) is 0 Å². The van der Waals surface area contributed by atoms with E-state index in [1.165, 1.54) is 6.26 Å². The number of nitrogens with zero attached hydrogens (tertiary/aromatic N) is 1. The van der Waals surface area contributed by atoms with E-state index in [1.54, 1.807) is 18.2 Å². The lowest BCUT2D eigenvalue weighted by Gasteiger charge is -2.02. The first-order chi connectivity index (χ1) is 9.65. The zero-order chi connectivity index (χ0) is 14.1. The lowest BCUT2D eigenvalue weighted by atomic mass is 10.2. The number of hydrogen-bond acceptors (Lipinski definition) is 4. The average Bonchev–Trinajstić information content (AvgIpc) is 3.03. The molecule has 0 atom stereocenters. The van der Waals surface area contributed by atoms with E-state index < -0.39 is 0 Å². The highest BCUT2D eigenvalue weighted by Gasteiger charge is 2.11. The summed E-state index contributed by atoms with van der Waals surface area (Å²) in [5, 5.41) is 2.76. The van der Waals surface area contributed by atoms with Gasteiger partial charge in [-0.1, -0.05) is 0 Å². The summed E-state index contributed by atoms with van der Waals surface area (Å²) in [4.78, 5) is 19.3. The van der Waals surface area contributed by atoms with Crippen molar-refractivity contribution in [1.82, 2.24) is 9.97 Å². The molecule has 0 saturated carbocycles. The van der Waals surface area contributed by atoms with Gasteiger partial charge in [0.1, 0.15) is 12.1 Å². The number of furan rings is 1. The Morgan fingerprint density at radius 1 is 1.45 bits per heavy atom. The third-order valence-electron chi connectivity index (χ3n) is 2.77. The molecule has 2 aromatic heterocycles. The number of aromatic amines is 1. The van der Waals surface area contributed by atoms with Gasteiger partial charge in [-0.25, -0.2) is 4.98 Å². The van der Waals surface area contributed by atoms with Crippen LogP contribution in [-0.2, 0) is 6.54 Å². The van der Waals surface area contributed by atoms with Crippen molar-refractivity contribution < 1.29 is 9.21 Å². The van der Waals surface area contributed by atoms with Crippen LogP contribution in [0.25, 0.3) is 11.0 Å². The molecule has 0 spiro atoms. The van der Waals surface area contributed by atoms with Crippen LogP contribution < -0.4 is 11.1 Å². The minimum Gasteiger partial charge on any atom is -0.458 e. The molecule has 0 bridgehead atoms. The molecule has 7 heteroatoms. The topological polar surface area (TPSA) is 96.9 Å². The second kappa shape index (κ2) is 5.10. The molecule has 0 saturated heterocycles. The molecule has 0 unspecified atom stereocenters. The zero-order valence-electron chi connectivity index (χ0n) is 10.3.